The van der Waals surface area contributed by atoms with Gasteiger partial charge in [-0.2, -0.15) is 0 Å². The minimum absolute atomic E-state index is 0.0325. The minimum Gasteiger partial charge on any atom is -0.481 e. The lowest BCUT2D eigenvalue weighted by atomic mass is 9.89. The SMILES string of the molecule is Cc1ccc(C(C(N)CC(=O)O)N(C)C)c(C)c1C. The largest absolute Gasteiger partial charge is 0.481 e. The smallest absolute Gasteiger partial charge is 0.304 e. The number of carboxylic acid groups (broad SMARTS) is 1. The summed E-state index contributed by atoms with van der Waals surface area (Å²) in [4.78, 5) is 12.9. The fourth-order valence-electron chi connectivity index (χ4n) is 2.50. The van der Waals surface area contributed by atoms with Crippen molar-refractivity contribution >= 4 is 5.97 Å². The summed E-state index contributed by atoms with van der Waals surface area (Å²) in [5, 5.41) is 8.93. The summed E-state index contributed by atoms with van der Waals surface area (Å²) < 4.78 is 0. The van der Waals surface area contributed by atoms with Gasteiger partial charge in [0, 0.05) is 6.04 Å². The molecule has 0 aromatic heterocycles. The monoisotopic (exact) mass is 264 g/mol. The second-order valence-electron chi connectivity index (χ2n) is 5.39. The Morgan fingerprint density at radius 2 is 1.84 bits per heavy atom. The summed E-state index contributed by atoms with van der Waals surface area (Å²) in [6, 6.07) is 3.62. The van der Waals surface area contributed by atoms with E-state index in [2.05, 4.69) is 32.9 Å². The zero-order chi connectivity index (χ0) is 14.7. The van der Waals surface area contributed by atoms with Crippen molar-refractivity contribution in [3.05, 3.63) is 34.4 Å². The normalized spacial score (nSPS) is 14.5. The molecule has 0 fully saturated rings. The molecule has 0 radical (unpaired) electrons. The van der Waals surface area contributed by atoms with Crippen molar-refractivity contribution in [2.24, 2.45) is 5.73 Å². The average molecular weight is 264 g/mol. The predicted octanol–water partition coefficient (Wildman–Crippen LogP) is 2.02. The molecule has 0 saturated heterocycles. The highest BCUT2D eigenvalue weighted by Gasteiger charge is 2.26. The van der Waals surface area contributed by atoms with Crippen LogP contribution in [0.4, 0.5) is 0 Å². The number of carbonyl (C=O) groups is 1. The van der Waals surface area contributed by atoms with Gasteiger partial charge in [-0.1, -0.05) is 12.1 Å². The van der Waals surface area contributed by atoms with Crippen molar-refractivity contribution in [2.75, 3.05) is 14.1 Å². The van der Waals surface area contributed by atoms with Gasteiger partial charge in [0.15, 0.2) is 0 Å². The molecule has 106 valence electrons. The molecule has 0 aliphatic carbocycles. The second-order valence-corrected chi connectivity index (χ2v) is 5.39. The van der Waals surface area contributed by atoms with Gasteiger partial charge in [0.25, 0.3) is 0 Å². The molecule has 1 aromatic rings. The van der Waals surface area contributed by atoms with Gasteiger partial charge in [-0.15, -0.1) is 0 Å². The number of nitrogens with two attached hydrogens (primary N) is 1. The average Bonchev–Trinajstić information content (AvgIpc) is 2.28. The van der Waals surface area contributed by atoms with Crippen LogP contribution < -0.4 is 5.73 Å². The third kappa shape index (κ3) is 3.55. The third-order valence-electron chi connectivity index (χ3n) is 3.79. The lowest BCUT2D eigenvalue weighted by Gasteiger charge is -2.31. The number of rotatable bonds is 5. The highest BCUT2D eigenvalue weighted by atomic mass is 16.4. The van der Waals surface area contributed by atoms with E-state index in [-0.39, 0.29) is 12.5 Å². The third-order valence-corrected chi connectivity index (χ3v) is 3.79. The molecule has 3 N–H and O–H groups in total. The molecule has 0 amide bonds. The van der Waals surface area contributed by atoms with Crippen LogP contribution >= 0.6 is 0 Å². The Bertz CT molecular complexity index is 469. The maximum Gasteiger partial charge on any atom is 0.304 e. The Hall–Kier alpha value is -1.39. The number of hydrogen-bond acceptors (Lipinski definition) is 3. The quantitative estimate of drug-likeness (QED) is 0.854. The molecule has 1 aromatic carbocycles. The molecule has 1 rings (SSSR count). The first-order valence-electron chi connectivity index (χ1n) is 6.46. The van der Waals surface area contributed by atoms with E-state index in [1.807, 2.05) is 19.0 Å². The Morgan fingerprint density at radius 3 is 2.32 bits per heavy atom. The lowest BCUT2D eigenvalue weighted by Crippen LogP contribution is -2.39. The zero-order valence-electron chi connectivity index (χ0n) is 12.4. The van der Waals surface area contributed by atoms with Crippen LogP contribution in [0.25, 0.3) is 0 Å². The summed E-state index contributed by atoms with van der Waals surface area (Å²) in [6.45, 7) is 6.24. The van der Waals surface area contributed by atoms with Crippen LogP contribution in [0, 0.1) is 20.8 Å². The maximum absolute atomic E-state index is 10.9. The summed E-state index contributed by atoms with van der Waals surface area (Å²) in [5.41, 5.74) is 10.9. The first-order chi connectivity index (χ1) is 8.75. The number of aryl methyl sites for hydroxylation is 1. The van der Waals surface area contributed by atoms with E-state index in [4.69, 9.17) is 10.8 Å². The molecular formula is C15H24N2O2. The molecule has 0 bridgehead atoms. The summed E-state index contributed by atoms with van der Waals surface area (Å²) in [7, 11) is 3.86. The van der Waals surface area contributed by atoms with Gasteiger partial charge in [0.05, 0.1) is 12.5 Å². The molecule has 0 aliphatic rings. The van der Waals surface area contributed by atoms with Crippen molar-refractivity contribution in [2.45, 2.75) is 39.3 Å². The number of aliphatic carboxylic acids is 1. The van der Waals surface area contributed by atoms with E-state index in [9.17, 15) is 4.79 Å². The van der Waals surface area contributed by atoms with E-state index in [0.29, 0.717) is 0 Å². The van der Waals surface area contributed by atoms with E-state index >= 15 is 0 Å². The van der Waals surface area contributed by atoms with Gasteiger partial charge in [-0.05, 0) is 57.1 Å². The fourth-order valence-corrected chi connectivity index (χ4v) is 2.50. The van der Waals surface area contributed by atoms with Crippen molar-refractivity contribution in [1.82, 2.24) is 4.90 Å². The highest BCUT2D eigenvalue weighted by molar-refractivity contribution is 5.67. The van der Waals surface area contributed by atoms with Gasteiger partial charge < -0.3 is 15.7 Å². The van der Waals surface area contributed by atoms with Gasteiger partial charge in [-0.25, -0.2) is 0 Å². The van der Waals surface area contributed by atoms with Gasteiger partial charge in [0.2, 0.25) is 0 Å². The molecule has 4 heteroatoms. The molecule has 0 aliphatic heterocycles. The number of likely N-dealkylation sites (N-methyl/N-ethyl adjacent to an activating group) is 1. The first-order valence-corrected chi connectivity index (χ1v) is 6.46. The van der Waals surface area contributed by atoms with Gasteiger partial charge in [-0.3, -0.25) is 4.79 Å². The predicted molar refractivity (Wildman–Crippen MR) is 77.3 cm³/mol. The van der Waals surface area contributed by atoms with E-state index in [1.165, 1.54) is 16.7 Å². The number of hydrogen-bond donors (Lipinski definition) is 2. The van der Waals surface area contributed by atoms with E-state index in [0.717, 1.165) is 5.56 Å². The summed E-state index contributed by atoms with van der Waals surface area (Å²) >= 11 is 0. The molecule has 2 atom stereocenters. The molecule has 0 saturated carbocycles. The van der Waals surface area contributed by atoms with E-state index in [1.54, 1.807) is 0 Å². The van der Waals surface area contributed by atoms with Crippen LogP contribution in [0.15, 0.2) is 12.1 Å². The van der Waals surface area contributed by atoms with Crippen molar-refractivity contribution < 1.29 is 9.90 Å². The molecule has 0 spiro atoms. The summed E-state index contributed by atoms with van der Waals surface area (Å²) in [6.07, 6.45) is -0.0325. The van der Waals surface area contributed by atoms with Crippen molar-refractivity contribution in [3.8, 4) is 0 Å². The molecule has 19 heavy (non-hydrogen) atoms. The van der Waals surface area contributed by atoms with Gasteiger partial charge >= 0.3 is 5.97 Å². The molecular weight excluding hydrogens is 240 g/mol. The van der Waals surface area contributed by atoms with Crippen LogP contribution in [0.5, 0.6) is 0 Å². The van der Waals surface area contributed by atoms with Crippen LogP contribution in [-0.4, -0.2) is 36.1 Å². The first kappa shape index (κ1) is 15.7. The Kier molecular flexibility index (Phi) is 5.09. The zero-order valence-corrected chi connectivity index (χ0v) is 12.4. The van der Waals surface area contributed by atoms with Crippen LogP contribution in [0.2, 0.25) is 0 Å². The van der Waals surface area contributed by atoms with Crippen LogP contribution in [0.1, 0.15) is 34.7 Å². The fraction of sp³-hybridized carbons (Fsp3) is 0.533. The van der Waals surface area contributed by atoms with Crippen molar-refractivity contribution in [3.63, 3.8) is 0 Å². The van der Waals surface area contributed by atoms with E-state index < -0.39 is 12.0 Å². The van der Waals surface area contributed by atoms with Crippen LogP contribution in [0.3, 0.4) is 0 Å². The number of nitrogens with zero attached hydrogens (tertiary/aromatic N) is 1. The lowest BCUT2D eigenvalue weighted by molar-refractivity contribution is -0.137. The Balaban J connectivity index is 3.20. The highest BCUT2D eigenvalue weighted by Crippen LogP contribution is 2.28. The molecule has 4 nitrogen and oxygen atoms in total. The number of carboxylic acids is 1. The standard InChI is InChI=1S/C15H24N2O2/c1-9-6-7-12(11(3)10(9)2)15(17(4)5)13(16)8-14(18)19/h6-7,13,15H,8,16H2,1-5H3,(H,18,19). The topological polar surface area (TPSA) is 66.6 Å². The summed E-state index contributed by atoms with van der Waals surface area (Å²) in [5.74, 6) is -0.860. The van der Waals surface area contributed by atoms with Crippen LogP contribution in [-0.2, 0) is 4.79 Å². The Morgan fingerprint density at radius 1 is 1.26 bits per heavy atom. The number of benzene rings is 1. The molecule has 2 unspecified atom stereocenters. The maximum atomic E-state index is 10.9. The minimum atomic E-state index is -0.860. The second kappa shape index (κ2) is 6.17. The van der Waals surface area contributed by atoms with Crippen molar-refractivity contribution in [1.29, 1.82) is 0 Å². The molecule has 0 heterocycles. The Labute approximate surface area is 115 Å². The van der Waals surface area contributed by atoms with Gasteiger partial charge in [0.1, 0.15) is 0 Å².